The van der Waals surface area contributed by atoms with Crippen LogP contribution in [0.15, 0.2) is 0 Å². The van der Waals surface area contributed by atoms with Crippen molar-refractivity contribution in [3.05, 3.63) is 0 Å². The number of rotatable bonds is 3. The first-order valence-corrected chi connectivity index (χ1v) is 9.09. The summed E-state index contributed by atoms with van der Waals surface area (Å²) in [5.41, 5.74) is 0. The van der Waals surface area contributed by atoms with Crippen LogP contribution in [0.25, 0.3) is 0 Å². The lowest BCUT2D eigenvalue weighted by Gasteiger charge is -2.36. The van der Waals surface area contributed by atoms with Crippen LogP contribution in [0.5, 0.6) is 0 Å². The van der Waals surface area contributed by atoms with Gasteiger partial charge in [0.05, 0.1) is 13.2 Å². The lowest BCUT2D eigenvalue weighted by atomic mass is 9.91. The Morgan fingerprint density at radius 3 is 2.20 bits per heavy atom. The van der Waals surface area contributed by atoms with Crippen molar-refractivity contribution in [3.63, 3.8) is 0 Å². The minimum absolute atomic E-state index is 0.0142. The fraction of sp³-hybridized carbons (Fsp3) is 1.00. The van der Waals surface area contributed by atoms with E-state index in [2.05, 4.69) is 4.72 Å². The van der Waals surface area contributed by atoms with Crippen molar-refractivity contribution in [2.45, 2.75) is 56.8 Å². The Bertz CT molecular complexity index is 418. The Morgan fingerprint density at radius 2 is 1.60 bits per heavy atom. The lowest BCUT2D eigenvalue weighted by molar-refractivity contribution is -0.178. The number of ether oxygens (including phenoxy) is 2. The summed E-state index contributed by atoms with van der Waals surface area (Å²) in [4.78, 5) is 0. The molecule has 0 aromatic carbocycles. The van der Waals surface area contributed by atoms with Crippen LogP contribution in [0.2, 0.25) is 0 Å². The Morgan fingerprint density at radius 1 is 1.00 bits per heavy atom. The standard InChI is InChI=1S/C13H24N2O4S/c16-20(17,15-8-2-1-3-9-15)14-12-4-6-13(7-5-12)18-10-11-19-13/h12,14H,1-11H2. The van der Waals surface area contributed by atoms with Gasteiger partial charge in [-0.25, -0.2) is 0 Å². The smallest absolute Gasteiger partial charge is 0.279 e. The van der Waals surface area contributed by atoms with E-state index in [1.165, 1.54) is 0 Å². The summed E-state index contributed by atoms with van der Waals surface area (Å²) in [6, 6.07) is 0.0142. The molecule has 1 aliphatic carbocycles. The van der Waals surface area contributed by atoms with E-state index in [0.717, 1.165) is 44.9 Å². The minimum atomic E-state index is -3.32. The van der Waals surface area contributed by atoms with Gasteiger partial charge in [0.2, 0.25) is 0 Å². The van der Waals surface area contributed by atoms with Gasteiger partial charge in [0.1, 0.15) is 0 Å². The van der Waals surface area contributed by atoms with Crippen molar-refractivity contribution in [1.29, 1.82) is 0 Å². The van der Waals surface area contributed by atoms with E-state index in [4.69, 9.17) is 9.47 Å². The quantitative estimate of drug-likeness (QED) is 0.844. The van der Waals surface area contributed by atoms with Crippen LogP contribution in [0.1, 0.15) is 44.9 Å². The second-order valence-electron chi connectivity index (χ2n) is 5.96. The molecule has 2 saturated heterocycles. The highest BCUT2D eigenvalue weighted by molar-refractivity contribution is 7.87. The van der Waals surface area contributed by atoms with Gasteiger partial charge in [0, 0.05) is 32.0 Å². The third kappa shape index (κ3) is 3.17. The summed E-state index contributed by atoms with van der Waals surface area (Å²) in [6.45, 7) is 2.62. The van der Waals surface area contributed by atoms with Crippen LogP contribution in [-0.4, -0.2) is 50.9 Å². The molecule has 3 rings (SSSR count). The van der Waals surface area contributed by atoms with E-state index >= 15 is 0 Å². The molecule has 0 aromatic rings. The maximum Gasteiger partial charge on any atom is 0.279 e. The Hall–Kier alpha value is -0.210. The average Bonchev–Trinajstić information content (AvgIpc) is 2.91. The van der Waals surface area contributed by atoms with Crippen molar-refractivity contribution < 1.29 is 17.9 Å². The predicted octanol–water partition coefficient (Wildman–Crippen LogP) is 0.992. The largest absolute Gasteiger partial charge is 0.348 e. The van der Waals surface area contributed by atoms with E-state index in [1.807, 2.05) is 0 Å². The van der Waals surface area contributed by atoms with Crippen molar-refractivity contribution >= 4 is 10.2 Å². The van der Waals surface area contributed by atoms with Crippen molar-refractivity contribution in [1.82, 2.24) is 9.03 Å². The molecule has 1 spiro atoms. The van der Waals surface area contributed by atoms with Gasteiger partial charge in [0.15, 0.2) is 5.79 Å². The second-order valence-corrected chi connectivity index (χ2v) is 7.67. The summed E-state index contributed by atoms with van der Waals surface area (Å²) < 4.78 is 40.4. The second kappa shape index (κ2) is 5.88. The van der Waals surface area contributed by atoms with Crippen LogP contribution in [0, 0.1) is 0 Å². The lowest BCUT2D eigenvalue weighted by Crippen LogP contribution is -2.50. The third-order valence-electron chi connectivity index (χ3n) is 4.53. The molecule has 2 heterocycles. The van der Waals surface area contributed by atoms with Gasteiger partial charge < -0.3 is 9.47 Å². The predicted molar refractivity (Wildman–Crippen MR) is 74.4 cm³/mol. The molecule has 0 bridgehead atoms. The SMILES string of the molecule is O=S(=O)(NC1CCC2(CC1)OCCO2)N1CCCCC1. The molecule has 1 N–H and O–H groups in total. The zero-order chi connectivity index (χ0) is 14.1. The molecule has 0 amide bonds. The molecule has 3 aliphatic rings. The maximum atomic E-state index is 12.3. The number of hydrogen-bond donors (Lipinski definition) is 1. The molecule has 2 aliphatic heterocycles. The summed E-state index contributed by atoms with van der Waals surface area (Å²) in [7, 11) is -3.32. The van der Waals surface area contributed by atoms with Gasteiger partial charge in [0.25, 0.3) is 10.2 Å². The van der Waals surface area contributed by atoms with Gasteiger partial charge in [-0.3, -0.25) is 0 Å². The summed E-state index contributed by atoms with van der Waals surface area (Å²) in [5.74, 6) is -0.424. The highest BCUT2D eigenvalue weighted by Gasteiger charge is 2.41. The molecule has 1 saturated carbocycles. The van der Waals surface area contributed by atoms with Crippen molar-refractivity contribution in [2.75, 3.05) is 26.3 Å². The highest BCUT2D eigenvalue weighted by Crippen LogP contribution is 2.36. The van der Waals surface area contributed by atoms with Gasteiger partial charge in [-0.1, -0.05) is 6.42 Å². The Kier molecular flexibility index (Phi) is 4.33. The first-order chi connectivity index (χ1) is 9.60. The fourth-order valence-electron chi connectivity index (χ4n) is 3.35. The molecular formula is C13H24N2O4S. The van der Waals surface area contributed by atoms with E-state index in [1.54, 1.807) is 4.31 Å². The summed E-state index contributed by atoms with van der Waals surface area (Å²) in [6.07, 6.45) is 6.19. The first kappa shape index (κ1) is 14.7. The maximum absolute atomic E-state index is 12.3. The fourth-order valence-corrected chi connectivity index (χ4v) is 4.90. The van der Waals surface area contributed by atoms with Crippen LogP contribution in [-0.2, 0) is 19.7 Å². The molecule has 6 nitrogen and oxygen atoms in total. The van der Waals surface area contributed by atoms with E-state index < -0.39 is 16.0 Å². The molecule has 0 aromatic heterocycles. The molecule has 20 heavy (non-hydrogen) atoms. The topological polar surface area (TPSA) is 67.9 Å². The molecule has 0 atom stereocenters. The Balaban J connectivity index is 1.53. The van der Waals surface area contributed by atoms with Crippen molar-refractivity contribution in [3.8, 4) is 0 Å². The molecular weight excluding hydrogens is 280 g/mol. The summed E-state index contributed by atoms with van der Waals surface area (Å²) in [5, 5.41) is 0. The zero-order valence-corrected chi connectivity index (χ0v) is 12.7. The summed E-state index contributed by atoms with van der Waals surface area (Å²) >= 11 is 0. The molecule has 7 heteroatoms. The van der Waals surface area contributed by atoms with E-state index in [9.17, 15) is 8.42 Å². The normalized spacial score (nSPS) is 29.0. The van der Waals surface area contributed by atoms with Gasteiger partial charge in [-0.15, -0.1) is 0 Å². The average molecular weight is 304 g/mol. The third-order valence-corrected chi connectivity index (χ3v) is 6.21. The molecule has 0 unspecified atom stereocenters. The van der Waals surface area contributed by atoms with Gasteiger partial charge >= 0.3 is 0 Å². The number of hydrogen-bond acceptors (Lipinski definition) is 4. The number of piperidine rings is 1. The van der Waals surface area contributed by atoms with E-state index in [0.29, 0.717) is 26.3 Å². The molecule has 3 fully saturated rings. The van der Waals surface area contributed by atoms with Crippen LogP contribution < -0.4 is 4.72 Å². The van der Waals surface area contributed by atoms with Crippen LogP contribution >= 0.6 is 0 Å². The number of nitrogens with zero attached hydrogens (tertiary/aromatic N) is 1. The zero-order valence-electron chi connectivity index (χ0n) is 11.8. The van der Waals surface area contributed by atoms with Gasteiger partial charge in [-0.05, 0) is 25.7 Å². The number of nitrogens with one attached hydrogen (secondary N) is 1. The molecule has 116 valence electrons. The first-order valence-electron chi connectivity index (χ1n) is 7.65. The highest BCUT2D eigenvalue weighted by atomic mass is 32.2. The van der Waals surface area contributed by atoms with Crippen molar-refractivity contribution in [2.24, 2.45) is 0 Å². The molecule has 0 radical (unpaired) electrons. The van der Waals surface area contributed by atoms with Crippen LogP contribution in [0.3, 0.4) is 0 Å². The monoisotopic (exact) mass is 304 g/mol. The van der Waals surface area contributed by atoms with Crippen LogP contribution in [0.4, 0.5) is 0 Å². The van der Waals surface area contributed by atoms with Gasteiger partial charge in [-0.2, -0.15) is 17.4 Å². The minimum Gasteiger partial charge on any atom is -0.348 e. The van der Waals surface area contributed by atoms with E-state index in [-0.39, 0.29) is 6.04 Å². The Labute approximate surface area is 121 Å².